The van der Waals surface area contributed by atoms with Crippen molar-refractivity contribution in [2.24, 2.45) is 0 Å². The Bertz CT molecular complexity index is 24.9. The Morgan fingerprint density at radius 1 is 1.43 bits per heavy atom. The van der Waals surface area contributed by atoms with Gasteiger partial charge in [-0.2, -0.15) is 0 Å². The summed E-state index contributed by atoms with van der Waals surface area (Å²) in [4.78, 5) is 0. The molecule has 0 aliphatic carbocycles. The predicted octanol–water partition coefficient (Wildman–Crippen LogP) is 1.64. The van der Waals surface area contributed by atoms with Crippen LogP contribution in [0.15, 0.2) is 0 Å². The van der Waals surface area contributed by atoms with Crippen LogP contribution in [-0.2, 0) is 57.3 Å². The molecule has 0 aliphatic rings. The Morgan fingerprint density at radius 3 is 1.57 bits per heavy atom. The van der Waals surface area contributed by atoms with Crippen LogP contribution in [-0.4, -0.2) is 8.75 Å². The van der Waals surface area contributed by atoms with E-state index in [2.05, 4.69) is 31.9 Å². The molecule has 0 radical (unpaired) electrons. The molecular weight excluding hydrogens is 380 g/mol. The zero-order chi connectivity index (χ0) is 4.28. The molecule has 0 saturated heterocycles. The Balaban J connectivity index is -0.0000000800. The summed E-state index contributed by atoms with van der Waals surface area (Å²) in [6, 6.07) is 0. The molecule has 0 N–H and O–H groups in total. The Kier molecular flexibility index (Phi) is 27.2. The van der Waals surface area contributed by atoms with E-state index in [-0.39, 0.29) is 39.0 Å². The summed E-state index contributed by atoms with van der Waals surface area (Å²) in [5.74, 6) is 0. The summed E-state index contributed by atoms with van der Waals surface area (Å²) < 4.78 is 0.738. The summed E-state index contributed by atoms with van der Waals surface area (Å²) in [5.41, 5.74) is 0. The third-order valence-electron chi connectivity index (χ3n) is 0.167. The van der Waals surface area contributed by atoms with Crippen LogP contribution < -0.4 is 0 Å². The Labute approximate surface area is 96.4 Å². The molecule has 0 heterocycles. The van der Waals surface area contributed by atoms with Gasteiger partial charge in [-0.05, 0) is 0 Å². The quantitative estimate of drug-likeness (QED) is 0.478. The molecule has 0 spiro atoms. The fraction of sp³-hybridized carbons (Fsp3) is 1.00. The number of hydrogen-bond acceptors (Lipinski definition) is 0. The summed E-state index contributed by atoms with van der Waals surface area (Å²) >= 11 is 8.00. The van der Waals surface area contributed by atoms with Gasteiger partial charge in [0.25, 0.3) is 0 Å². The first kappa shape index (κ1) is 16.4. The maximum atomic E-state index is 3.38. The van der Waals surface area contributed by atoms with E-state index in [1.807, 2.05) is 0 Å². The minimum absolute atomic E-state index is 0. The van der Waals surface area contributed by atoms with E-state index in [0.717, 1.165) is 8.75 Å². The van der Waals surface area contributed by atoms with Crippen LogP contribution >= 0.6 is 31.9 Å². The molecule has 7 heavy (non-hydrogen) atoms. The molecule has 1 unspecified atom stereocenters. The van der Waals surface area contributed by atoms with Gasteiger partial charge in [-0.3, -0.25) is 0 Å². The van der Waals surface area contributed by atoms with Gasteiger partial charge in [0, 0.05) is 39.0 Å². The summed E-state index contributed by atoms with van der Waals surface area (Å²) in [5, 5.41) is 1.09. The van der Waals surface area contributed by atoms with Crippen molar-refractivity contribution < 1.29 is 57.3 Å². The van der Waals surface area contributed by atoms with Gasteiger partial charge in [0.1, 0.15) is 0 Å². The second-order valence-corrected chi connectivity index (χ2v) is 7.27. The minimum atomic E-state index is 0. The van der Waals surface area contributed by atoms with Crippen molar-refractivity contribution in [1.82, 2.24) is 0 Å². The first-order valence-corrected chi connectivity index (χ1v) is 5.05. The topological polar surface area (TPSA) is 0 Å². The van der Waals surface area contributed by atoms with Gasteiger partial charge in [0.2, 0.25) is 0 Å². The normalized spacial score (nSPS) is 10.9. The SMILES string of the molecule is [Zn].[Zn].[Zn][CH](Br)CBr. The molecule has 5 heteroatoms. The van der Waals surface area contributed by atoms with Gasteiger partial charge in [0.15, 0.2) is 0 Å². The zero-order valence-electron chi connectivity index (χ0n) is 4.16. The van der Waals surface area contributed by atoms with Crippen LogP contribution in [0.4, 0.5) is 0 Å². The van der Waals surface area contributed by atoms with Crippen molar-refractivity contribution in [2.45, 2.75) is 3.42 Å². The van der Waals surface area contributed by atoms with Gasteiger partial charge in [-0.25, -0.2) is 0 Å². The molecule has 0 aromatic heterocycles. The molecule has 0 rings (SSSR count). The van der Waals surface area contributed by atoms with Crippen molar-refractivity contribution in [3.05, 3.63) is 0 Å². The monoisotopic (exact) mass is 377 g/mol. The average Bonchev–Trinajstić information content (AvgIpc) is 1.38. The number of alkyl halides is 2. The first-order valence-electron chi connectivity index (χ1n) is 1.30. The standard InChI is InChI=1S/C2H3Br2.3Zn/c3-1-2-4;;;/h1H,2H2;;;. The van der Waals surface area contributed by atoms with Crippen LogP contribution in [0, 0.1) is 0 Å². The third kappa shape index (κ3) is 17.7. The van der Waals surface area contributed by atoms with Crippen LogP contribution in [0.3, 0.4) is 0 Å². The van der Waals surface area contributed by atoms with E-state index >= 15 is 0 Å². The van der Waals surface area contributed by atoms with Crippen molar-refractivity contribution >= 4 is 31.9 Å². The average molecular weight is 383 g/mol. The summed E-state index contributed by atoms with van der Waals surface area (Å²) in [6.07, 6.45) is 0. The second kappa shape index (κ2) is 11.6. The van der Waals surface area contributed by atoms with Crippen molar-refractivity contribution in [2.75, 3.05) is 5.33 Å². The molecule has 0 saturated carbocycles. The van der Waals surface area contributed by atoms with Gasteiger partial charge in [0.05, 0.1) is 0 Å². The zero-order valence-corrected chi connectivity index (χ0v) is 16.2. The molecule has 0 aromatic carbocycles. The van der Waals surface area contributed by atoms with Gasteiger partial charge < -0.3 is 0 Å². The van der Waals surface area contributed by atoms with E-state index in [4.69, 9.17) is 0 Å². The second-order valence-electron chi connectivity index (χ2n) is 0.752. The number of halogens is 2. The van der Waals surface area contributed by atoms with Crippen molar-refractivity contribution in [3.63, 3.8) is 0 Å². The van der Waals surface area contributed by atoms with Gasteiger partial charge in [-0.15, -0.1) is 0 Å². The number of hydrogen-bond donors (Lipinski definition) is 0. The maximum absolute atomic E-state index is 3.38. The van der Waals surface area contributed by atoms with Crippen LogP contribution in [0.1, 0.15) is 0 Å². The van der Waals surface area contributed by atoms with Gasteiger partial charge in [-0.1, -0.05) is 0 Å². The fourth-order valence-corrected chi connectivity index (χ4v) is 0. The van der Waals surface area contributed by atoms with E-state index in [0.29, 0.717) is 0 Å². The van der Waals surface area contributed by atoms with Crippen LogP contribution in [0.25, 0.3) is 0 Å². The number of rotatable bonds is 1. The molecule has 0 aliphatic heterocycles. The predicted molar refractivity (Wildman–Crippen MR) is 26.5 cm³/mol. The van der Waals surface area contributed by atoms with Crippen molar-refractivity contribution in [1.29, 1.82) is 0 Å². The van der Waals surface area contributed by atoms with Crippen LogP contribution in [0.5, 0.6) is 0 Å². The molecule has 0 bridgehead atoms. The van der Waals surface area contributed by atoms with Crippen molar-refractivity contribution in [3.8, 4) is 0 Å². The summed E-state index contributed by atoms with van der Waals surface area (Å²) in [7, 11) is 0. The summed E-state index contributed by atoms with van der Waals surface area (Å²) in [6.45, 7) is 0. The van der Waals surface area contributed by atoms with Crippen LogP contribution in [0.2, 0.25) is 0 Å². The molecule has 31 valence electrons. The molecule has 1 atom stereocenters. The Morgan fingerprint density at radius 2 is 1.57 bits per heavy atom. The fourth-order valence-electron chi connectivity index (χ4n) is 0. The molecule has 0 nitrogen and oxygen atoms in total. The van der Waals surface area contributed by atoms with E-state index in [1.54, 1.807) is 0 Å². The Hall–Kier alpha value is 2.83. The molecular formula is C2H3Br2Zn3. The molecule has 0 amide bonds. The van der Waals surface area contributed by atoms with E-state index in [9.17, 15) is 0 Å². The third-order valence-corrected chi connectivity index (χ3v) is 4.52. The molecule has 0 aromatic rings. The first-order chi connectivity index (χ1) is 2.27. The van der Waals surface area contributed by atoms with E-state index in [1.165, 1.54) is 18.3 Å². The van der Waals surface area contributed by atoms with Gasteiger partial charge >= 0.3 is 58.9 Å². The van der Waals surface area contributed by atoms with E-state index < -0.39 is 0 Å². The molecule has 0 fully saturated rings.